The average molecular weight is 347 g/mol. The van der Waals surface area contributed by atoms with Crippen molar-refractivity contribution in [3.8, 4) is 0 Å². The Hall–Kier alpha value is -2.08. The molecule has 6 nitrogen and oxygen atoms in total. The van der Waals surface area contributed by atoms with Gasteiger partial charge < -0.3 is 19.4 Å². The molecular formula is C19H29N3O3. The zero-order valence-electron chi connectivity index (χ0n) is 15.5. The summed E-state index contributed by atoms with van der Waals surface area (Å²) in [5.41, 5.74) is 2.45. The molecule has 2 amide bonds. The Labute approximate surface area is 150 Å². The molecule has 0 bridgehead atoms. The number of carbonyl (C=O) groups is 2. The molecule has 0 atom stereocenters. The van der Waals surface area contributed by atoms with Gasteiger partial charge in [-0.25, -0.2) is 0 Å². The van der Waals surface area contributed by atoms with Crippen LogP contribution >= 0.6 is 0 Å². The number of rotatable bonds is 7. The Kier molecular flexibility index (Phi) is 7.25. The van der Waals surface area contributed by atoms with Gasteiger partial charge in [-0.05, 0) is 31.0 Å². The second-order valence-corrected chi connectivity index (χ2v) is 6.49. The van der Waals surface area contributed by atoms with Crippen molar-refractivity contribution >= 4 is 17.5 Å². The van der Waals surface area contributed by atoms with E-state index in [2.05, 4.69) is 36.1 Å². The van der Waals surface area contributed by atoms with Crippen molar-refractivity contribution < 1.29 is 14.3 Å². The molecule has 0 aliphatic carbocycles. The van der Waals surface area contributed by atoms with Gasteiger partial charge in [0.1, 0.15) is 0 Å². The van der Waals surface area contributed by atoms with E-state index < -0.39 is 0 Å². The largest absolute Gasteiger partial charge is 0.385 e. The second-order valence-electron chi connectivity index (χ2n) is 6.49. The number of amides is 2. The molecular weight excluding hydrogens is 318 g/mol. The molecule has 0 unspecified atom stereocenters. The van der Waals surface area contributed by atoms with E-state index in [9.17, 15) is 9.59 Å². The van der Waals surface area contributed by atoms with E-state index >= 15 is 0 Å². The minimum absolute atomic E-state index is 0.0245. The van der Waals surface area contributed by atoms with Crippen LogP contribution in [0.1, 0.15) is 18.9 Å². The maximum atomic E-state index is 12.5. The number of methoxy groups -OCH3 is 1. The van der Waals surface area contributed by atoms with Crippen LogP contribution < -0.4 is 4.90 Å². The molecule has 1 aromatic rings. The maximum Gasteiger partial charge on any atom is 0.242 e. The number of hydrogen-bond acceptors (Lipinski definition) is 4. The highest BCUT2D eigenvalue weighted by Crippen LogP contribution is 2.17. The Morgan fingerprint density at radius 3 is 2.52 bits per heavy atom. The van der Waals surface area contributed by atoms with Crippen LogP contribution in [-0.4, -0.2) is 74.6 Å². The highest BCUT2D eigenvalue weighted by atomic mass is 16.5. The predicted molar refractivity (Wildman–Crippen MR) is 98.7 cm³/mol. The molecule has 1 heterocycles. The summed E-state index contributed by atoms with van der Waals surface area (Å²) >= 11 is 0. The zero-order chi connectivity index (χ0) is 18.2. The third kappa shape index (κ3) is 5.74. The Balaban J connectivity index is 1.84. The van der Waals surface area contributed by atoms with Gasteiger partial charge in [0.15, 0.2) is 0 Å². The lowest BCUT2D eigenvalue weighted by Gasteiger charge is -2.37. The number of piperazine rings is 1. The quantitative estimate of drug-likeness (QED) is 0.702. The molecule has 2 rings (SSSR count). The van der Waals surface area contributed by atoms with Crippen molar-refractivity contribution in [2.24, 2.45) is 0 Å². The minimum atomic E-state index is -0.0668. The number of benzene rings is 1. The topological polar surface area (TPSA) is 53.1 Å². The third-order valence-electron chi connectivity index (χ3n) is 4.55. The Morgan fingerprint density at radius 1 is 1.20 bits per heavy atom. The van der Waals surface area contributed by atoms with Crippen LogP contribution in [0.2, 0.25) is 0 Å². The molecule has 25 heavy (non-hydrogen) atoms. The van der Waals surface area contributed by atoms with Crippen molar-refractivity contribution in [3.05, 3.63) is 29.8 Å². The van der Waals surface area contributed by atoms with Crippen LogP contribution in [0.5, 0.6) is 0 Å². The van der Waals surface area contributed by atoms with E-state index in [1.807, 2.05) is 4.90 Å². The first-order valence-corrected chi connectivity index (χ1v) is 8.85. The standard InChI is InChI=1S/C19H29N3O3/c1-16-6-4-7-18(14-16)20-9-11-21(12-10-20)19(24)15-22(17(2)23)8-5-13-25-3/h4,6-7,14H,5,8-13,15H2,1-3H3. The number of nitrogens with zero attached hydrogens (tertiary/aromatic N) is 3. The predicted octanol–water partition coefficient (Wildman–Crippen LogP) is 1.53. The second kappa shape index (κ2) is 9.42. The van der Waals surface area contributed by atoms with Gasteiger partial charge in [-0.1, -0.05) is 12.1 Å². The zero-order valence-corrected chi connectivity index (χ0v) is 15.5. The number of hydrogen-bond donors (Lipinski definition) is 0. The fraction of sp³-hybridized carbons (Fsp3) is 0.579. The SMILES string of the molecule is COCCCN(CC(=O)N1CCN(c2cccc(C)c2)CC1)C(C)=O. The molecule has 1 saturated heterocycles. The molecule has 0 saturated carbocycles. The van der Waals surface area contributed by atoms with E-state index in [1.54, 1.807) is 12.0 Å². The lowest BCUT2D eigenvalue weighted by molar-refractivity contribution is -0.139. The number of ether oxygens (including phenoxy) is 1. The Bertz CT molecular complexity index is 583. The first-order chi connectivity index (χ1) is 12.0. The van der Waals surface area contributed by atoms with Gasteiger partial charge in [0.05, 0.1) is 6.54 Å². The van der Waals surface area contributed by atoms with Crippen LogP contribution in [0, 0.1) is 6.92 Å². The fourth-order valence-electron chi connectivity index (χ4n) is 3.05. The summed E-state index contributed by atoms with van der Waals surface area (Å²) in [4.78, 5) is 30.0. The van der Waals surface area contributed by atoms with Gasteiger partial charge in [0.25, 0.3) is 0 Å². The smallest absolute Gasteiger partial charge is 0.242 e. The molecule has 0 radical (unpaired) electrons. The lowest BCUT2D eigenvalue weighted by atomic mass is 10.2. The fourth-order valence-corrected chi connectivity index (χ4v) is 3.05. The van der Waals surface area contributed by atoms with Crippen molar-refractivity contribution in [2.45, 2.75) is 20.3 Å². The molecule has 1 aliphatic rings. The van der Waals surface area contributed by atoms with Gasteiger partial charge in [0, 0.05) is 59.1 Å². The number of carbonyl (C=O) groups excluding carboxylic acids is 2. The van der Waals surface area contributed by atoms with E-state index in [1.165, 1.54) is 18.2 Å². The molecule has 6 heteroatoms. The summed E-state index contributed by atoms with van der Waals surface area (Å²) in [7, 11) is 1.64. The van der Waals surface area contributed by atoms with Crippen LogP contribution in [0.15, 0.2) is 24.3 Å². The summed E-state index contributed by atoms with van der Waals surface area (Å²) < 4.78 is 5.02. The van der Waals surface area contributed by atoms with Crippen molar-refractivity contribution in [1.82, 2.24) is 9.80 Å². The first-order valence-electron chi connectivity index (χ1n) is 8.85. The number of anilines is 1. The summed E-state index contributed by atoms with van der Waals surface area (Å²) in [6.45, 7) is 7.92. The van der Waals surface area contributed by atoms with E-state index in [4.69, 9.17) is 4.74 Å². The molecule has 0 spiro atoms. The van der Waals surface area contributed by atoms with Crippen LogP contribution in [0.3, 0.4) is 0 Å². The van der Waals surface area contributed by atoms with Crippen molar-refractivity contribution in [1.29, 1.82) is 0 Å². The van der Waals surface area contributed by atoms with Gasteiger partial charge >= 0.3 is 0 Å². The number of aryl methyl sites for hydroxylation is 1. The normalized spacial score (nSPS) is 14.5. The van der Waals surface area contributed by atoms with E-state index in [0.29, 0.717) is 26.2 Å². The van der Waals surface area contributed by atoms with Gasteiger partial charge in [-0.3, -0.25) is 9.59 Å². The lowest BCUT2D eigenvalue weighted by Crippen LogP contribution is -2.51. The van der Waals surface area contributed by atoms with Gasteiger partial charge in [-0.15, -0.1) is 0 Å². The van der Waals surface area contributed by atoms with Crippen LogP contribution in [0.25, 0.3) is 0 Å². The maximum absolute atomic E-state index is 12.5. The van der Waals surface area contributed by atoms with Crippen LogP contribution in [-0.2, 0) is 14.3 Å². The third-order valence-corrected chi connectivity index (χ3v) is 4.55. The molecule has 0 N–H and O–H groups in total. The average Bonchev–Trinajstić information content (AvgIpc) is 2.61. The van der Waals surface area contributed by atoms with E-state index in [0.717, 1.165) is 19.5 Å². The highest BCUT2D eigenvalue weighted by Gasteiger charge is 2.23. The van der Waals surface area contributed by atoms with Gasteiger partial charge in [-0.2, -0.15) is 0 Å². The molecule has 1 aliphatic heterocycles. The summed E-state index contributed by atoms with van der Waals surface area (Å²) in [5, 5.41) is 0. The van der Waals surface area contributed by atoms with E-state index in [-0.39, 0.29) is 18.4 Å². The molecule has 0 aromatic heterocycles. The Morgan fingerprint density at radius 2 is 1.92 bits per heavy atom. The molecule has 1 fully saturated rings. The summed E-state index contributed by atoms with van der Waals surface area (Å²) in [6, 6.07) is 8.43. The van der Waals surface area contributed by atoms with Crippen molar-refractivity contribution in [2.75, 3.05) is 57.9 Å². The van der Waals surface area contributed by atoms with Gasteiger partial charge in [0.2, 0.25) is 11.8 Å². The van der Waals surface area contributed by atoms with Crippen LogP contribution in [0.4, 0.5) is 5.69 Å². The monoisotopic (exact) mass is 347 g/mol. The summed E-state index contributed by atoms with van der Waals surface area (Å²) in [5.74, 6) is -0.0423. The molecule has 138 valence electrons. The highest BCUT2D eigenvalue weighted by molar-refractivity contribution is 5.84. The van der Waals surface area contributed by atoms with Crippen molar-refractivity contribution in [3.63, 3.8) is 0 Å². The minimum Gasteiger partial charge on any atom is -0.385 e. The summed E-state index contributed by atoms with van der Waals surface area (Å²) in [6.07, 6.45) is 0.741. The molecule has 1 aromatic carbocycles. The first kappa shape index (κ1) is 19.2.